The van der Waals surface area contributed by atoms with E-state index in [1.165, 1.54) is 12.1 Å². The van der Waals surface area contributed by atoms with E-state index >= 15 is 0 Å². The molecule has 3 heteroatoms. The summed E-state index contributed by atoms with van der Waals surface area (Å²) in [5.41, 5.74) is 6.58. The minimum absolute atomic E-state index is 0.715. The maximum absolute atomic E-state index is 5.56. The summed E-state index contributed by atoms with van der Waals surface area (Å²) in [6.07, 6.45) is 5.24. The number of rotatable bonds is 3. The molecule has 0 saturated carbocycles. The molecule has 0 aromatic carbocycles. The van der Waals surface area contributed by atoms with E-state index in [1.807, 2.05) is 0 Å². The number of hydrogen-bond acceptors (Lipinski definition) is 3. The second-order valence-corrected chi connectivity index (χ2v) is 3.22. The van der Waals surface area contributed by atoms with Crippen LogP contribution in [0.15, 0.2) is 4.42 Å². The predicted molar refractivity (Wildman–Crippen MR) is 45.9 cm³/mol. The molecule has 3 nitrogen and oxygen atoms in total. The van der Waals surface area contributed by atoms with E-state index in [9.17, 15) is 0 Å². The summed E-state index contributed by atoms with van der Waals surface area (Å²) < 4.78 is 5.56. The van der Waals surface area contributed by atoms with E-state index in [0.717, 1.165) is 37.3 Å². The van der Waals surface area contributed by atoms with Crippen molar-refractivity contribution >= 4 is 0 Å². The van der Waals surface area contributed by atoms with Gasteiger partial charge in [-0.25, -0.2) is 4.98 Å². The van der Waals surface area contributed by atoms with E-state index in [1.54, 1.807) is 0 Å². The maximum Gasteiger partial charge on any atom is 0.194 e. The Morgan fingerprint density at radius 3 is 3.08 bits per heavy atom. The molecule has 0 atom stereocenters. The van der Waals surface area contributed by atoms with Crippen LogP contribution in [0.4, 0.5) is 0 Å². The monoisotopic (exact) mass is 166 g/mol. The van der Waals surface area contributed by atoms with Gasteiger partial charge < -0.3 is 10.2 Å². The highest BCUT2D eigenvalue weighted by Crippen LogP contribution is 2.22. The third-order valence-electron chi connectivity index (χ3n) is 2.23. The van der Waals surface area contributed by atoms with Crippen molar-refractivity contribution in [2.75, 3.05) is 6.54 Å². The van der Waals surface area contributed by atoms with Crippen molar-refractivity contribution in [2.45, 2.75) is 32.1 Å². The molecule has 1 aliphatic rings. The topological polar surface area (TPSA) is 52.0 Å². The molecule has 12 heavy (non-hydrogen) atoms. The van der Waals surface area contributed by atoms with Gasteiger partial charge in [-0.15, -0.1) is 0 Å². The zero-order chi connectivity index (χ0) is 8.39. The number of fused-ring (bicyclic) bond motifs is 1. The number of nitrogens with two attached hydrogens (primary N) is 1. The molecule has 1 aliphatic carbocycles. The van der Waals surface area contributed by atoms with Crippen LogP contribution in [0.3, 0.4) is 0 Å². The molecule has 0 radical (unpaired) electrons. The second kappa shape index (κ2) is 3.27. The average molecular weight is 166 g/mol. The normalized spacial score (nSPS) is 15.1. The van der Waals surface area contributed by atoms with Crippen LogP contribution in [0.1, 0.15) is 30.2 Å². The second-order valence-electron chi connectivity index (χ2n) is 3.22. The van der Waals surface area contributed by atoms with Crippen LogP contribution in [0.2, 0.25) is 0 Å². The van der Waals surface area contributed by atoms with E-state index in [2.05, 4.69) is 4.98 Å². The third-order valence-corrected chi connectivity index (χ3v) is 2.23. The van der Waals surface area contributed by atoms with Crippen LogP contribution in [0, 0.1) is 0 Å². The first-order valence-corrected chi connectivity index (χ1v) is 4.57. The lowest BCUT2D eigenvalue weighted by Gasteiger charge is -1.92. The Morgan fingerprint density at radius 1 is 1.42 bits per heavy atom. The third kappa shape index (κ3) is 1.37. The summed E-state index contributed by atoms with van der Waals surface area (Å²) in [5, 5.41) is 0. The molecule has 66 valence electrons. The molecule has 0 spiro atoms. The van der Waals surface area contributed by atoms with Gasteiger partial charge in [0.15, 0.2) is 5.89 Å². The van der Waals surface area contributed by atoms with Crippen LogP contribution >= 0.6 is 0 Å². The van der Waals surface area contributed by atoms with Crippen molar-refractivity contribution in [3.05, 3.63) is 17.3 Å². The molecular formula is C9H14N2O. The molecule has 1 aromatic rings. The number of nitrogens with zero attached hydrogens (tertiary/aromatic N) is 1. The Kier molecular flexibility index (Phi) is 2.13. The zero-order valence-electron chi connectivity index (χ0n) is 7.18. The van der Waals surface area contributed by atoms with Gasteiger partial charge in [-0.3, -0.25) is 0 Å². The summed E-state index contributed by atoms with van der Waals surface area (Å²) >= 11 is 0. The highest BCUT2D eigenvalue weighted by molar-refractivity contribution is 5.15. The van der Waals surface area contributed by atoms with Gasteiger partial charge in [0, 0.05) is 12.8 Å². The predicted octanol–water partition coefficient (Wildman–Crippen LogP) is 1.05. The Bertz CT molecular complexity index is 246. The molecule has 2 rings (SSSR count). The van der Waals surface area contributed by atoms with Gasteiger partial charge in [0.05, 0.1) is 5.69 Å². The molecule has 0 unspecified atom stereocenters. The Balaban J connectivity index is 2.05. The largest absolute Gasteiger partial charge is 0.445 e. The maximum atomic E-state index is 5.56. The fourth-order valence-electron chi connectivity index (χ4n) is 1.60. The van der Waals surface area contributed by atoms with E-state index < -0.39 is 0 Å². The minimum atomic E-state index is 0.715. The van der Waals surface area contributed by atoms with Crippen LogP contribution in [-0.2, 0) is 19.3 Å². The summed E-state index contributed by atoms with van der Waals surface area (Å²) in [6.45, 7) is 0.715. The van der Waals surface area contributed by atoms with E-state index in [4.69, 9.17) is 10.2 Å². The van der Waals surface area contributed by atoms with Crippen molar-refractivity contribution in [3.63, 3.8) is 0 Å². The lowest BCUT2D eigenvalue weighted by Crippen LogP contribution is -2.00. The quantitative estimate of drug-likeness (QED) is 0.730. The fourth-order valence-corrected chi connectivity index (χ4v) is 1.60. The number of oxazole rings is 1. The van der Waals surface area contributed by atoms with Crippen molar-refractivity contribution in [3.8, 4) is 0 Å². The van der Waals surface area contributed by atoms with E-state index in [0.29, 0.717) is 6.54 Å². The molecular weight excluding hydrogens is 152 g/mol. The lowest BCUT2D eigenvalue weighted by molar-refractivity contribution is 0.452. The number of hydrogen-bond donors (Lipinski definition) is 1. The Hall–Kier alpha value is -0.830. The Morgan fingerprint density at radius 2 is 2.33 bits per heavy atom. The lowest BCUT2D eigenvalue weighted by atomic mass is 10.3. The summed E-state index contributed by atoms with van der Waals surface area (Å²) in [6, 6.07) is 0. The summed E-state index contributed by atoms with van der Waals surface area (Å²) in [5.74, 6) is 1.99. The van der Waals surface area contributed by atoms with Gasteiger partial charge in [0.25, 0.3) is 0 Å². The molecule has 2 N–H and O–H groups in total. The van der Waals surface area contributed by atoms with Gasteiger partial charge >= 0.3 is 0 Å². The van der Waals surface area contributed by atoms with Crippen molar-refractivity contribution in [1.29, 1.82) is 0 Å². The standard InChI is InChI=1S/C9H14N2O/c10-6-2-5-9-11-7-3-1-4-8(7)12-9/h1-6,10H2. The molecule has 1 aromatic heterocycles. The number of aryl methyl sites for hydroxylation is 3. The van der Waals surface area contributed by atoms with Crippen molar-refractivity contribution in [2.24, 2.45) is 5.73 Å². The van der Waals surface area contributed by atoms with Gasteiger partial charge in [-0.2, -0.15) is 0 Å². The zero-order valence-corrected chi connectivity index (χ0v) is 7.18. The minimum Gasteiger partial charge on any atom is -0.445 e. The summed E-state index contributed by atoms with van der Waals surface area (Å²) in [7, 11) is 0. The molecule has 0 fully saturated rings. The average Bonchev–Trinajstić information content (AvgIpc) is 2.58. The molecule has 0 saturated heterocycles. The molecule has 0 aliphatic heterocycles. The SMILES string of the molecule is NCCCc1nc2c(o1)CCC2. The van der Waals surface area contributed by atoms with Crippen molar-refractivity contribution in [1.82, 2.24) is 4.98 Å². The van der Waals surface area contributed by atoms with Crippen LogP contribution in [0.25, 0.3) is 0 Å². The molecule has 1 heterocycles. The smallest absolute Gasteiger partial charge is 0.194 e. The summed E-state index contributed by atoms with van der Waals surface area (Å²) in [4.78, 5) is 4.41. The highest BCUT2D eigenvalue weighted by Gasteiger charge is 2.17. The van der Waals surface area contributed by atoms with Gasteiger partial charge in [-0.05, 0) is 25.8 Å². The first-order valence-electron chi connectivity index (χ1n) is 4.57. The highest BCUT2D eigenvalue weighted by atomic mass is 16.4. The van der Waals surface area contributed by atoms with Gasteiger partial charge in [0.1, 0.15) is 5.76 Å². The van der Waals surface area contributed by atoms with Gasteiger partial charge in [-0.1, -0.05) is 0 Å². The number of aromatic nitrogens is 1. The van der Waals surface area contributed by atoms with Crippen LogP contribution < -0.4 is 5.73 Å². The molecule has 0 bridgehead atoms. The van der Waals surface area contributed by atoms with Gasteiger partial charge in [0.2, 0.25) is 0 Å². The first-order chi connectivity index (χ1) is 5.90. The van der Waals surface area contributed by atoms with E-state index in [-0.39, 0.29) is 0 Å². The fraction of sp³-hybridized carbons (Fsp3) is 0.667. The van der Waals surface area contributed by atoms with Crippen LogP contribution in [-0.4, -0.2) is 11.5 Å². The van der Waals surface area contributed by atoms with Crippen molar-refractivity contribution < 1.29 is 4.42 Å². The Labute approximate surface area is 72.0 Å². The first kappa shape index (κ1) is 7.80. The molecule has 0 amide bonds. The van der Waals surface area contributed by atoms with Crippen LogP contribution in [0.5, 0.6) is 0 Å².